The maximum Gasteiger partial charge on any atom is 0.269 e. The first-order chi connectivity index (χ1) is 14.7. The van der Waals surface area contributed by atoms with Gasteiger partial charge in [-0.05, 0) is 29.8 Å². The van der Waals surface area contributed by atoms with Crippen LogP contribution in [0, 0.1) is 0 Å². The van der Waals surface area contributed by atoms with Crippen molar-refractivity contribution in [1.82, 2.24) is 15.8 Å². The third-order valence-electron chi connectivity index (χ3n) is 4.32. The Bertz CT molecular complexity index is 1060. The summed E-state index contributed by atoms with van der Waals surface area (Å²) in [4.78, 5) is 28.8. The van der Waals surface area contributed by atoms with Gasteiger partial charge in [-0.3, -0.25) is 20.4 Å². The van der Waals surface area contributed by atoms with Crippen LogP contribution in [0.5, 0.6) is 17.4 Å². The largest absolute Gasteiger partial charge is 0.486 e. The quantitative estimate of drug-likeness (QED) is 0.633. The highest BCUT2D eigenvalue weighted by atomic mass is 16.6. The minimum atomic E-state index is -0.493. The molecule has 3 aromatic rings. The van der Waals surface area contributed by atoms with Crippen molar-refractivity contribution in [2.75, 3.05) is 13.2 Å². The Hall–Kier alpha value is -4.07. The van der Waals surface area contributed by atoms with Crippen molar-refractivity contribution in [1.29, 1.82) is 0 Å². The van der Waals surface area contributed by atoms with Gasteiger partial charge in [0.1, 0.15) is 19.8 Å². The summed E-state index contributed by atoms with van der Waals surface area (Å²) < 4.78 is 16.5. The van der Waals surface area contributed by atoms with Gasteiger partial charge in [0.2, 0.25) is 5.88 Å². The van der Waals surface area contributed by atoms with E-state index in [2.05, 4.69) is 15.8 Å². The van der Waals surface area contributed by atoms with Gasteiger partial charge in [0.15, 0.2) is 11.5 Å². The van der Waals surface area contributed by atoms with E-state index >= 15 is 0 Å². The summed E-state index contributed by atoms with van der Waals surface area (Å²) >= 11 is 0. The van der Waals surface area contributed by atoms with Crippen LogP contribution in [0.2, 0.25) is 0 Å². The predicted molar refractivity (Wildman–Crippen MR) is 107 cm³/mol. The van der Waals surface area contributed by atoms with Crippen LogP contribution in [0.15, 0.2) is 66.9 Å². The Morgan fingerprint density at radius 1 is 0.867 bits per heavy atom. The average Bonchev–Trinajstić information content (AvgIpc) is 2.81. The van der Waals surface area contributed by atoms with Gasteiger partial charge in [-0.25, -0.2) is 4.98 Å². The standard InChI is InChI=1S/C22H19N3O5/c26-21(16-6-7-18-19(12-16)29-11-10-28-18)24-25-22(27)17-8-9-23-20(13-17)30-14-15-4-2-1-3-5-15/h1-9,12-13H,10-11,14H2,(H,24,26)(H,25,27). The minimum Gasteiger partial charge on any atom is -0.486 e. The van der Waals surface area contributed by atoms with E-state index < -0.39 is 11.8 Å². The van der Waals surface area contributed by atoms with E-state index in [0.29, 0.717) is 48.3 Å². The Morgan fingerprint density at radius 3 is 2.33 bits per heavy atom. The van der Waals surface area contributed by atoms with Crippen molar-refractivity contribution in [3.05, 3.63) is 83.6 Å². The van der Waals surface area contributed by atoms with Crippen molar-refractivity contribution < 1.29 is 23.8 Å². The van der Waals surface area contributed by atoms with Crippen molar-refractivity contribution in [2.45, 2.75) is 6.61 Å². The fourth-order valence-corrected chi connectivity index (χ4v) is 2.80. The highest BCUT2D eigenvalue weighted by Gasteiger charge is 2.16. The second kappa shape index (κ2) is 8.95. The van der Waals surface area contributed by atoms with Crippen LogP contribution in [0.1, 0.15) is 26.3 Å². The molecule has 2 heterocycles. The topological polar surface area (TPSA) is 98.8 Å². The smallest absolute Gasteiger partial charge is 0.269 e. The van der Waals surface area contributed by atoms with Gasteiger partial charge in [-0.2, -0.15) is 0 Å². The van der Waals surface area contributed by atoms with Crippen LogP contribution in [0.25, 0.3) is 0 Å². The van der Waals surface area contributed by atoms with Crippen LogP contribution in [0.4, 0.5) is 0 Å². The summed E-state index contributed by atoms with van der Waals surface area (Å²) in [6.45, 7) is 1.23. The molecule has 8 nitrogen and oxygen atoms in total. The number of nitrogens with one attached hydrogen (secondary N) is 2. The Labute approximate surface area is 172 Å². The normalized spacial score (nSPS) is 12.0. The minimum absolute atomic E-state index is 0.301. The summed E-state index contributed by atoms with van der Waals surface area (Å²) in [6, 6.07) is 17.5. The van der Waals surface area contributed by atoms with Gasteiger partial charge in [-0.1, -0.05) is 30.3 Å². The van der Waals surface area contributed by atoms with E-state index in [1.807, 2.05) is 30.3 Å². The van der Waals surface area contributed by atoms with E-state index in [1.54, 1.807) is 18.2 Å². The first-order valence-corrected chi connectivity index (χ1v) is 9.32. The second-order valence-corrected chi connectivity index (χ2v) is 6.42. The van der Waals surface area contributed by atoms with Crippen molar-refractivity contribution in [3.63, 3.8) is 0 Å². The fraction of sp³-hybridized carbons (Fsp3) is 0.136. The van der Waals surface area contributed by atoms with Crippen LogP contribution in [0.3, 0.4) is 0 Å². The molecular formula is C22H19N3O5. The molecule has 0 radical (unpaired) electrons. The van der Waals surface area contributed by atoms with Crippen LogP contribution in [-0.2, 0) is 6.61 Å². The summed E-state index contributed by atoms with van der Waals surface area (Å²) in [7, 11) is 0. The molecular weight excluding hydrogens is 386 g/mol. The molecule has 30 heavy (non-hydrogen) atoms. The molecule has 0 saturated carbocycles. The second-order valence-electron chi connectivity index (χ2n) is 6.42. The van der Waals surface area contributed by atoms with Gasteiger partial charge in [-0.15, -0.1) is 0 Å². The predicted octanol–water partition coefficient (Wildman–Crippen LogP) is 2.51. The number of carbonyl (C=O) groups excluding carboxylic acids is 2. The fourth-order valence-electron chi connectivity index (χ4n) is 2.80. The number of carbonyl (C=O) groups is 2. The highest BCUT2D eigenvalue weighted by Crippen LogP contribution is 2.30. The maximum absolute atomic E-state index is 12.4. The van der Waals surface area contributed by atoms with Gasteiger partial charge < -0.3 is 14.2 Å². The monoisotopic (exact) mass is 405 g/mol. The lowest BCUT2D eigenvalue weighted by Gasteiger charge is -2.18. The first-order valence-electron chi connectivity index (χ1n) is 9.32. The lowest BCUT2D eigenvalue weighted by molar-refractivity contribution is 0.0846. The molecule has 2 amide bonds. The summed E-state index contributed by atoms with van der Waals surface area (Å²) in [5, 5.41) is 0. The number of ether oxygens (including phenoxy) is 3. The number of pyridine rings is 1. The summed E-state index contributed by atoms with van der Waals surface area (Å²) in [5.74, 6) is 0.420. The molecule has 0 fully saturated rings. The average molecular weight is 405 g/mol. The number of rotatable bonds is 5. The van der Waals surface area contributed by atoms with Crippen LogP contribution < -0.4 is 25.1 Å². The van der Waals surface area contributed by atoms with E-state index in [4.69, 9.17) is 14.2 Å². The van der Waals surface area contributed by atoms with E-state index in [1.165, 1.54) is 18.3 Å². The number of hydrazine groups is 1. The molecule has 0 atom stereocenters. The van der Waals surface area contributed by atoms with E-state index in [0.717, 1.165) is 5.56 Å². The number of nitrogens with zero attached hydrogens (tertiary/aromatic N) is 1. The van der Waals surface area contributed by atoms with Gasteiger partial charge >= 0.3 is 0 Å². The zero-order valence-corrected chi connectivity index (χ0v) is 16.0. The Balaban J connectivity index is 1.34. The van der Waals surface area contributed by atoms with Gasteiger partial charge in [0.05, 0.1) is 0 Å². The number of benzene rings is 2. The van der Waals surface area contributed by atoms with Crippen LogP contribution in [-0.4, -0.2) is 30.0 Å². The molecule has 0 spiro atoms. The lowest BCUT2D eigenvalue weighted by atomic mass is 10.2. The summed E-state index contributed by atoms with van der Waals surface area (Å²) in [6.07, 6.45) is 1.47. The third kappa shape index (κ3) is 4.67. The molecule has 0 saturated heterocycles. The molecule has 2 aromatic carbocycles. The molecule has 2 N–H and O–H groups in total. The van der Waals surface area contributed by atoms with Crippen molar-refractivity contribution in [3.8, 4) is 17.4 Å². The SMILES string of the molecule is O=C(NNC(=O)c1ccc2c(c1)OCCO2)c1ccnc(OCc2ccccc2)c1. The zero-order chi connectivity index (χ0) is 20.8. The Kier molecular flexibility index (Phi) is 5.75. The van der Waals surface area contributed by atoms with Gasteiger partial charge in [0.25, 0.3) is 11.8 Å². The molecule has 152 valence electrons. The molecule has 0 bridgehead atoms. The summed E-state index contributed by atoms with van der Waals surface area (Å²) in [5.41, 5.74) is 6.39. The number of hydrogen-bond donors (Lipinski definition) is 2. The maximum atomic E-state index is 12.4. The third-order valence-corrected chi connectivity index (χ3v) is 4.32. The number of hydrogen-bond acceptors (Lipinski definition) is 6. The first kappa shape index (κ1) is 19.3. The molecule has 1 aliphatic rings. The molecule has 0 unspecified atom stereocenters. The lowest BCUT2D eigenvalue weighted by Crippen LogP contribution is -2.41. The molecule has 8 heteroatoms. The van der Waals surface area contributed by atoms with Crippen LogP contribution >= 0.6 is 0 Å². The number of fused-ring (bicyclic) bond motifs is 1. The molecule has 1 aliphatic heterocycles. The van der Waals surface area contributed by atoms with E-state index in [-0.39, 0.29) is 0 Å². The van der Waals surface area contributed by atoms with Crippen molar-refractivity contribution in [2.24, 2.45) is 0 Å². The van der Waals surface area contributed by atoms with Gasteiger partial charge in [0, 0.05) is 23.4 Å². The van der Waals surface area contributed by atoms with E-state index in [9.17, 15) is 9.59 Å². The molecule has 1 aromatic heterocycles. The highest BCUT2D eigenvalue weighted by molar-refractivity contribution is 5.99. The Morgan fingerprint density at radius 2 is 1.57 bits per heavy atom. The number of aromatic nitrogens is 1. The zero-order valence-electron chi connectivity index (χ0n) is 16.0. The number of amides is 2. The molecule has 4 rings (SSSR count). The van der Waals surface area contributed by atoms with Crippen molar-refractivity contribution >= 4 is 11.8 Å². The molecule has 0 aliphatic carbocycles.